The van der Waals surface area contributed by atoms with Crippen LogP contribution >= 0.6 is 27.7 Å². The van der Waals surface area contributed by atoms with Crippen LogP contribution in [0.25, 0.3) is 0 Å². The summed E-state index contributed by atoms with van der Waals surface area (Å²) in [6, 6.07) is 15.5. The number of carbonyl (C=O) groups excluding carboxylic acids is 2. The molecule has 2 aromatic carbocycles. The second-order valence-corrected chi connectivity index (χ2v) is 9.48. The van der Waals surface area contributed by atoms with Gasteiger partial charge in [-0.15, -0.1) is 11.8 Å². The van der Waals surface area contributed by atoms with Gasteiger partial charge in [0.25, 0.3) is 5.91 Å². The van der Waals surface area contributed by atoms with E-state index in [1.165, 1.54) is 31.0 Å². The molecule has 0 radical (unpaired) electrons. The first-order valence-corrected chi connectivity index (χ1v) is 12.7. The molecular formula is C24H28BrN3O3S. The highest BCUT2D eigenvalue weighted by Crippen LogP contribution is 2.21. The molecule has 1 aliphatic carbocycles. The van der Waals surface area contributed by atoms with E-state index in [4.69, 9.17) is 4.74 Å². The Morgan fingerprint density at radius 2 is 1.81 bits per heavy atom. The number of hydrogen-bond donors (Lipinski definition) is 2. The van der Waals surface area contributed by atoms with Crippen LogP contribution in [0.3, 0.4) is 0 Å². The summed E-state index contributed by atoms with van der Waals surface area (Å²) in [5.41, 5.74) is 4.52. The van der Waals surface area contributed by atoms with E-state index >= 15 is 0 Å². The van der Waals surface area contributed by atoms with Gasteiger partial charge in [-0.05, 0) is 54.3 Å². The molecule has 170 valence electrons. The maximum absolute atomic E-state index is 12.0. The van der Waals surface area contributed by atoms with Crippen LogP contribution in [0, 0.1) is 0 Å². The molecule has 0 spiro atoms. The molecule has 1 saturated carbocycles. The fourth-order valence-corrected chi connectivity index (χ4v) is 4.83. The highest BCUT2D eigenvalue weighted by molar-refractivity contribution is 9.10. The first-order chi connectivity index (χ1) is 15.6. The fourth-order valence-electron chi connectivity index (χ4n) is 3.40. The second kappa shape index (κ2) is 13.3. The van der Waals surface area contributed by atoms with E-state index < -0.39 is 0 Å². The molecule has 2 aromatic rings. The summed E-state index contributed by atoms with van der Waals surface area (Å²) >= 11 is 5.04. The Bertz CT molecular complexity index is 915. The van der Waals surface area contributed by atoms with Gasteiger partial charge in [0.15, 0.2) is 6.61 Å². The van der Waals surface area contributed by atoms with Crippen LogP contribution in [0.2, 0.25) is 0 Å². The molecule has 2 N–H and O–H groups in total. The third kappa shape index (κ3) is 8.67. The highest BCUT2D eigenvalue weighted by Gasteiger charge is 2.15. The van der Waals surface area contributed by atoms with Crippen molar-refractivity contribution in [2.24, 2.45) is 5.10 Å². The smallest absolute Gasteiger partial charge is 0.258 e. The highest BCUT2D eigenvalue weighted by atomic mass is 79.9. The third-order valence-corrected chi connectivity index (χ3v) is 6.83. The van der Waals surface area contributed by atoms with Gasteiger partial charge in [-0.1, -0.05) is 53.4 Å². The number of carbonyl (C=O) groups is 2. The topological polar surface area (TPSA) is 79.8 Å². The molecule has 0 aliphatic heterocycles. The Morgan fingerprint density at radius 1 is 1.06 bits per heavy atom. The number of nitrogens with one attached hydrogen (secondary N) is 2. The van der Waals surface area contributed by atoms with Crippen LogP contribution in [0.1, 0.15) is 43.2 Å². The van der Waals surface area contributed by atoms with Gasteiger partial charge in [-0.25, -0.2) is 5.43 Å². The molecule has 0 unspecified atom stereocenters. The molecule has 8 heteroatoms. The number of thioether (sulfide) groups is 1. The van der Waals surface area contributed by atoms with Crippen molar-refractivity contribution in [2.75, 3.05) is 12.4 Å². The minimum atomic E-state index is -0.151. The first kappa shape index (κ1) is 24.3. The number of benzene rings is 2. The van der Waals surface area contributed by atoms with Crippen LogP contribution in [0.15, 0.2) is 58.1 Å². The summed E-state index contributed by atoms with van der Waals surface area (Å²) < 4.78 is 6.61. The minimum absolute atomic E-state index is 0.0111. The number of nitrogens with zero attached hydrogens (tertiary/aromatic N) is 1. The van der Waals surface area contributed by atoms with Gasteiger partial charge in [0.1, 0.15) is 5.75 Å². The quantitative estimate of drug-likeness (QED) is 0.354. The van der Waals surface area contributed by atoms with Crippen LogP contribution in [0.4, 0.5) is 0 Å². The van der Waals surface area contributed by atoms with Crippen LogP contribution in [-0.2, 0) is 15.3 Å². The lowest BCUT2D eigenvalue weighted by atomic mass is 9.95. The van der Waals surface area contributed by atoms with Crippen molar-refractivity contribution < 1.29 is 14.3 Å². The predicted octanol–water partition coefficient (Wildman–Crippen LogP) is 4.66. The van der Waals surface area contributed by atoms with Crippen molar-refractivity contribution in [3.05, 3.63) is 64.1 Å². The molecular weight excluding hydrogens is 490 g/mol. The van der Waals surface area contributed by atoms with Gasteiger partial charge in [0.2, 0.25) is 5.91 Å². The first-order valence-electron chi connectivity index (χ1n) is 10.8. The van der Waals surface area contributed by atoms with Crippen LogP contribution in [0.5, 0.6) is 5.75 Å². The number of hydrazone groups is 1. The Kier molecular flexibility index (Phi) is 10.1. The lowest BCUT2D eigenvalue weighted by Gasteiger charge is -2.22. The van der Waals surface area contributed by atoms with Crippen molar-refractivity contribution in [1.82, 2.24) is 10.7 Å². The van der Waals surface area contributed by atoms with E-state index in [-0.39, 0.29) is 24.5 Å². The summed E-state index contributed by atoms with van der Waals surface area (Å²) in [5.74, 6) is 1.46. The largest absolute Gasteiger partial charge is 0.484 e. The number of hydrogen-bond acceptors (Lipinski definition) is 5. The van der Waals surface area contributed by atoms with Crippen molar-refractivity contribution in [1.29, 1.82) is 0 Å². The molecule has 1 aliphatic rings. The number of amides is 2. The summed E-state index contributed by atoms with van der Waals surface area (Å²) in [7, 11) is 0. The summed E-state index contributed by atoms with van der Waals surface area (Å²) in [6.07, 6.45) is 7.31. The van der Waals surface area contributed by atoms with E-state index in [2.05, 4.69) is 31.8 Å². The van der Waals surface area contributed by atoms with Gasteiger partial charge in [0, 0.05) is 16.3 Å². The molecule has 0 aromatic heterocycles. The molecule has 0 bridgehead atoms. The monoisotopic (exact) mass is 517 g/mol. The molecule has 2 amide bonds. The van der Waals surface area contributed by atoms with Crippen molar-refractivity contribution >= 4 is 45.7 Å². The van der Waals surface area contributed by atoms with E-state index in [0.717, 1.165) is 34.2 Å². The summed E-state index contributed by atoms with van der Waals surface area (Å²) in [4.78, 5) is 24.0. The Balaban J connectivity index is 1.33. The number of rotatable bonds is 10. The summed E-state index contributed by atoms with van der Waals surface area (Å²) in [5, 5.41) is 7.04. The lowest BCUT2D eigenvalue weighted by Crippen LogP contribution is -2.38. The molecule has 1 fully saturated rings. The molecule has 0 heterocycles. The molecule has 32 heavy (non-hydrogen) atoms. The number of halogens is 1. The average molecular weight is 518 g/mol. The van der Waals surface area contributed by atoms with Gasteiger partial charge in [-0.3, -0.25) is 9.59 Å². The molecule has 0 saturated heterocycles. The van der Waals surface area contributed by atoms with E-state index in [1.54, 1.807) is 18.3 Å². The lowest BCUT2D eigenvalue weighted by molar-refractivity contribution is -0.124. The van der Waals surface area contributed by atoms with E-state index in [1.807, 2.05) is 36.4 Å². The van der Waals surface area contributed by atoms with Crippen molar-refractivity contribution in [3.8, 4) is 5.75 Å². The molecule has 3 rings (SSSR count). The maximum atomic E-state index is 12.0. The summed E-state index contributed by atoms with van der Waals surface area (Å²) in [6.45, 7) is 0.0111. The fraction of sp³-hybridized carbons (Fsp3) is 0.375. The van der Waals surface area contributed by atoms with Crippen molar-refractivity contribution in [2.45, 2.75) is 43.9 Å². The van der Waals surface area contributed by atoms with E-state index in [9.17, 15) is 9.59 Å². The standard InChI is InChI=1S/C24H28BrN3O3S/c25-22-9-5-4-6-19(22)16-32-17-24(30)28-26-14-18-10-12-21(13-11-18)31-15-23(29)27-20-7-2-1-3-8-20/h4-6,9-14,20H,1-3,7-8,15-17H2,(H,27,29)(H,28,30)/b26-14+. The van der Waals surface area contributed by atoms with Crippen LogP contribution in [-0.4, -0.2) is 36.4 Å². The van der Waals surface area contributed by atoms with Crippen molar-refractivity contribution in [3.63, 3.8) is 0 Å². The Labute approximate surface area is 201 Å². The van der Waals surface area contributed by atoms with Gasteiger partial charge in [-0.2, -0.15) is 5.10 Å². The molecule has 6 nitrogen and oxygen atoms in total. The molecule has 0 atom stereocenters. The maximum Gasteiger partial charge on any atom is 0.258 e. The normalized spacial score (nSPS) is 14.3. The van der Waals surface area contributed by atoms with Gasteiger partial charge in [0.05, 0.1) is 12.0 Å². The average Bonchev–Trinajstić information content (AvgIpc) is 2.80. The Morgan fingerprint density at radius 3 is 2.56 bits per heavy atom. The second-order valence-electron chi connectivity index (χ2n) is 7.64. The zero-order valence-electron chi connectivity index (χ0n) is 17.9. The van der Waals surface area contributed by atoms with Crippen LogP contribution < -0.4 is 15.5 Å². The zero-order chi connectivity index (χ0) is 22.6. The third-order valence-electron chi connectivity index (χ3n) is 5.07. The zero-order valence-corrected chi connectivity index (χ0v) is 20.3. The minimum Gasteiger partial charge on any atom is -0.484 e. The van der Waals surface area contributed by atoms with Gasteiger partial charge < -0.3 is 10.1 Å². The number of ether oxygens (including phenoxy) is 1. The SMILES string of the molecule is O=C(CSCc1ccccc1Br)N/N=C/c1ccc(OCC(=O)NC2CCCCC2)cc1. The Hall–Kier alpha value is -2.32. The van der Waals surface area contributed by atoms with E-state index in [0.29, 0.717) is 11.5 Å². The predicted molar refractivity (Wildman–Crippen MR) is 133 cm³/mol. The van der Waals surface area contributed by atoms with Gasteiger partial charge >= 0.3 is 0 Å².